The van der Waals surface area contributed by atoms with Gasteiger partial charge in [-0.3, -0.25) is 9.69 Å². The summed E-state index contributed by atoms with van der Waals surface area (Å²) < 4.78 is 14.2. The van der Waals surface area contributed by atoms with E-state index in [1.54, 1.807) is 18.7 Å². The summed E-state index contributed by atoms with van der Waals surface area (Å²) in [4.78, 5) is 14.1. The van der Waals surface area contributed by atoms with Crippen LogP contribution in [0, 0.1) is 0 Å². The monoisotopic (exact) mass is 324 g/mol. The Morgan fingerprint density at radius 2 is 1.91 bits per heavy atom. The lowest BCUT2D eigenvalue weighted by atomic mass is 9.86. The van der Waals surface area contributed by atoms with Gasteiger partial charge in [0.25, 0.3) is 0 Å². The third-order valence-electron chi connectivity index (χ3n) is 4.61. The smallest absolute Gasteiger partial charge is 0.240 e. The Bertz CT molecular complexity index is 528. The molecule has 0 aromatic heterocycles. The first-order valence-corrected chi connectivity index (χ1v) is 8.00. The summed E-state index contributed by atoms with van der Waals surface area (Å²) in [6.45, 7) is 5.72. The van der Waals surface area contributed by atoms with Crippen LogP contribution in [0.5, 0.6) is 0 Å². The van der Waals surface area contributed by atoms with Crippen LogP contribution in [0.2, 0.25) is 0 Å². The molecule has 1 aromatic carbocycles. The number of alkyl halides is 1. The zero-order chi connectivity index (χ0) is 17.1. The number of carbonyl (C=O) groups is 1. The molecule has 0 radical (unpaired) electrons. The highest BCUT2D eigenvalue weighted by Crippen LogP contribution is 2.34. The number of aliphatic hydroxyl groups excluding tert-OH is 2. The second-order valence-electron chi connectivity index (χ2n) is 6.04. The van der Waals surface area contributed by atoms with Gasteiger partial charge in [0.2, 0.25) is 5.91 Å². The molecule has 1 amide bonds. The van der Waals surface area contributed by atoms with Crippen molar-refractivity contribution in [2.45, 2.75) is 57.3 Å². The van der Waals surface area contributed by atoms with Crippen molar-refractivity contribution < 1.29 is 19.4 Å². The lowest BCUT2D eigenvalue weighted by molar-refractivity contribution is -0.163. The molecule has 1 unspecified atom stereocenters. The molecule has 3 N–H and O–H groups in total. The van der Waals surface area contributed by atoms with Crippen molar-refractivity contribution in [1.29, 1.82) is 0 Å². The number of piperidine rings is 1. The van der Waals surface area contributed by atoms with E-state index in [0.717, 1.165) is 5.56 Å². The van der Waals surface area contributed by atoms with E-state index in [0.29, 0.717) is 6.54 Å². The van der Waals surface area contributed by atoms with Gasteiger partial charge in [0.1, 0.15) is 18.2 Å². The fraction of sp³-hybridized carbons (Fsp3) is 0.588. The summed E-state index contributed by atoms with van der Waals surface area (Å²) in [5.74, 6) is -0.427. The van der Waals surface area contributed by atoms with Crippen LogP contribution < -0.4 is 5.32 Å². The molecule has 0 spiro atoms. The van der Waals surface area contributed by atoms with Crippen LogP contribution in [0.25, 0.3) is 0 Å². The number of rotatable bonds is 4. The maximum absolute atomic E-state index is 14.2. The van der Waals surface area contributed by atoms with Gasteiger partial charge in [0.05, 0.1) is 0 Å². The Hall–Kier alpha value is -1.50. The number of halogens is 1. The van der Waals surface area contributed by atoms with Gasteiger partial charge >= 0.3 is 0 Å². The first-order valence-electron chi connectivity index (χ1n) is 8.00. The van der Waals surface area contributed by atoms with Crippen molar-refractivity contribution in [3.8, 4) is 0 Å². The molecule has 1 aliphatic rings. The fourth-order valence-corrected chi connectivity index (χ4v) is 3.31. The number of benzene rings is 1. The van der Waals surface area contributed by atoms with Gasteiger partial charge in [-0.1, -0.05) is 30.3 Å². The molecule has 0 saturated carbocycles. The molecule has 5 nitrogen and oxygen atoms in total. The normalized spacial score (nSPS) is 33.2. The zero-order valence-electron chi connectivity index (χ0n) is 13.7. The van der Waals surface area contributed by atoms with Crippen LogP contribution in [0.4, 0.5) is 4.39 Å². The number of amides is 1. The fourth-order valence-electron chi connectivity index (χ4n) is 3.31. The number of hydrogen-bond acceptors (Lipinski definition) is 4. The highest BCUT2D eigenvalue weighted by atomic mass is 19.1. The number of nitrogens with zero attached hydrogens (tertiary/aromatic N) is 1. The Labute approximate surface area is 136 Å². The molecule has 1 aromatic rings. The van der Waals surface area contributed by atoms with Gasteiger partial charge in [0, 0.05) is 18.6 Å². The maximum Gasteiger partial charge on any atom is 0.240 e. The largest absolute Gasteiger partial charge is 0.388 e. The van der Waals surface area contributed by atoms with Crippen LogP contribution in [0.15, 0.2) is 30.3 Å². The van der Waals surface area contributed by atoms with Gasteiger partial charge in [-0.25, -0.2) is 4.39 Å². The summed E-state index contributed by atoms with van der Waals surface area (Å²) in [7, 11) is 0. The second kappa shape index (κ2) is 7.38. The lowest BCUT2D eigenvalue weighted by Gasteiger charge is -2.49. The first kappa shape index (κ1) is 17.8. The number of nitrogens with one attached hydrogen (secondary N) is 1. The quantitative estimate of drug-likeness (QED) is 0.773. The van der Waals surface area contributed by atoms with Gasteiger partial charge in [-0.2, -0.15) is 0 Å². The van der Waals surface area contributed by atoms with Gasteiger partial charge in [0.15, 0.2) is 6.17 Å². The topological polar surface area (TPSA) is 72.8 Å². The molecule has 1 heterocycles. The average molecular weight is 324 g/mol. The van der Waals surface area contributed by atoms with E-state index in [1.165, 1.54) is 0 Å². The number of likely N-dealkylation sites (N-methyl/N-ethyl adjacent to an activating group) is 1. The summed E-state index contributed by atoms with van der Waals surface area (Å²) >= 11 is 0. The molecule has 128 valence electrons. The average Bonchev–Trinajstić information content (AvgIpc) is 2.56. The molecule has 23 heavy (non-hydrogen) atoms. The first-order chi connectivity index (χ1) is 10.9. The molecule has 0 bridgehead atoms. The number of carbonyl (C=O) groups excluding carboxylic acids is 1. The molecule has 6 heteroatoms. The van der Waals surface area contributed by atoms with Crippen LogP contribution in [-0.2, 0) is 4.79 Å². The van der Waals surface area contributed by atoms with Crippen molar-refractivity contribution in [3.05, 3.63) is 35.9 Å². The Kier molecular flexibility index (Phi) is 5.73. The molecular formula is C17H25FN2O3. The minimum Gasteiger partial charge on any atom is -0.388 e. The van der Waals surface area contributed by atoms with Crippen molar-refractivity contribution in [3.63, 3.8) is 0 Å². The maximum atomic E-state index is 14.2. The van der Waals surface area contributed by atoms with Gasteiger partial charge in [-0.05, 0) is 26.3 Å². The number of aliphatic hydroxyl groups is 2. The van der Waals surface area contributed by atoms with Crippen molar-refractivity contribution >= 4 is 5.91 Å². The van der Waals surface area contributed by atoms with Crippen molar-refractivity contribution in [2.75, 3.05) is 6.54 Å². The van der Waals surface area contributed by atoms with E-state index in [4.69, 9.17) is 0 Å². The highest BCUT2D eigenvalue weighted by Gasteiger charge is 2.51. The Morgan fingerprint density at radius 1 is 1.30 bits per heavy atom. The van der Waals surface area contributed by atoms with E-state index in [1.807, 2.05) is 37.3 Å². The molecule has 6 atom stereocenters. The highest BCUT2D eigenvalue weighted by molar-refractivity contribution is 5.82. The molecular weight excluding hydrogens is 299 g/mol. The molecule has 0 aliphatic carbocycles. The van der Waals surface area contributed by atoms with E-state index >= 15 is 0 Å². The van der Waals surface area contributed by atoms with E-state index in [-0.39, 0.29) is 6.04 Å². The van der Waals surface area contributed by atoms with Crippen LogP contribution in [0.3, 0.4) is 0 Å². The summed E-state index contributed by atoms with van der Waals surface area (Å²) in [5, 5.41) is 23.0. The van der Waals surface area contributed by atoms with Gasteiger partial charge < -0.3 is 15.5 Å². The zero-order valence-corrected chi connectivity index (χ0v) is 13.7. The SMILES string of the molecule is CCNC(=O)[C@@H]1[C@H](O)[C@H](F)[C@@H](O)[C@@H](C)N1C(C)c1ccccc1. The Balaban J connectivity index is 2.39. The summed E-state index contributed by atoms with van der Waals surface area (Å²) in [6.07, 6.45) is -4.77. The third-order valence-corrected chi connectivity index (χ3v) is 4.61. The molecule has 1 aliphatic heterocycles. The second-order valence-corrected chi connectivity index (χ2v) is 6.04. The predicted molar refractivity (Wildman–Crippen MR) is 85.5 cm³/mol. The minimum absolute atomic E-state index is 0.254. The third kappa shape index (κ3) is 3.39. The van der Waals surface area contributed by atoms with E-state index in [2.05, 4.69) is 5.32 Å². The summed E-state index contributed by atoms with van der Waals surface area (Å²) in [6, 6.07) is 7.57. The van der Waals surface area contributed by atoms with Crippen LogP contribution in [-0.4, -0.2) is 58.0 Å². The standard InChI is InChI=1S/C17H25FN2O3/c1-4-19-17(23)14-16(22)13(18)15(21)11(3)20(14)10(2)12-8-6-5-7-9-12/h5-11,13-16,21-22H,4H2,1-3H3,(H,19,23)/t10?,11-,13-,14+,15+,16-/m1/s1. The van der Waals surface area contributed by atoms with E-state index < -0.39 is 36.4 Å². The number of hydrogen-bond donors (Lipinski definition) is 3. The minimum atomic E-state index is -1.85. The number of likely N-dealkylation sites (tertiary alicyclic amines) is 1. The predicted octanol–water partition coefficient (Wildman–Crippen LogP) is 1.02. The molecule has 2 rings (SSSR count). The van der Waals surface area contributed by atoms with Crippen LogP contribution in [0.1, 0.15) is 32.4 Å². The summed E-state index contributed by atoms with van der Waals surface area (Å²) in [5.41, 5.74) is 0.936. The van der Waals surface area contributed by atoms with Crippen molar-refractivity contribution in [1.82, 2.24) is 10.2 Å². The van der Waals surface area contributed by atoms with Crippen molar-refractivity contribution in [2.24, 2.45) is 0 Å². The van der Waals surface area contributed by atoms with Crippen LogP contribution >= 0.6 is 0 Å². The lowest BCUT2D eigenvalue weighted by Crippen LogP contribution is -2.68. The molecule has 1 fully saturated rings. The molecule has 1 saturated heterocycles. The van der Waals surface area contributed by atoms with Gasteiger partial charge in [-0.15, -0.1) is 0 Å². The Morgan fingerprint density at radius 3 is 2.48 bits per heavy atom. The van der Waals surface area contributed by atoms with E-state index in [9.17, 15) is 19.4 Å².